The lowest BCUT2D eigenvalue weighted by Crippen LogP contribution is -2.30. The molecule has 0 saturated heterocycles. The van der Waals surface area contributed by atoms with Crippen LogP contribution in [0.4, 0.5) is 0 Å². The minimum atomic E-state index is -0.135. The van der Waals surface area contributed by atoms with Gasteiger partial charge in [0.25, 0.3) is 5.91 Å². The summed E-state index contributed by atoms with van der Waals surface area (Å²) in [6, 6.07) is 22.2. The number of methoxy groups -OCH3 is 1. The van der Waals surface area contributed by atoms with E-state index in [1.54, 1.807) is 49.6 Å². The maximum Gasteiger partial charge on any atom is 0.251 e. The number of phenolic OH excluding ortho intramolecular Hbond substituents is 1. The molecule has 0 bridgehead atoms. The smallest absolute Gasteiger partial charge is 0.251 e. The third kappa shape index (κ3) is 6.46. The number of carbonyl (C=O) groups excluding carboxylic acids is 1. The zero-order valence-electron chi connectivity index (χ0n) is 20.9. The molecule has 4 rings (SSSR count). The van der Waals surface area contributed by atoms with Gasteiger partial charge in [-0.2, -0.15) is 0 Å². The Morgan fingerprint density at radius 3 is 2.35 bits per heavy atom. The lowest BCUT2D eigenvalue weighted by atomic mass is 10.1. The van der Waals surface area contributed by atoms with E-state index < -0.39 is 0 Å². The molecule has 3 aromatic carbocycles. The Labute approximate surface area is 216 Å². The zero-order valence-corrected chi connectivity index (χ0v) is 20.9. The predicted molar refractivity (Wildman–Crippen MR) is 146 cm³/mol. The van der Waals surface area contributed by atoms with Crippen molar-refractivity contribution < 1.29 is 14.6 Å². The van der Waals surface area contributed by atoms with E-state index in [0.717, 1.165) is 22.5 Å². The van der Waals surface area contributed by atoms with Gasteiger partial charge in [-0.15, -0.1) is 0 Å². The molecule has 1 aliphatic heterocycles. The first-order valence-electron chi connectivity index (χ1n) is 11.9. The van der Waals surface area contributed by atoms with Crippen LogP contribution in [0.15, 0.2) is 114 Å². The number of carbonyl (C=O) groups is 1. The third-order valence-electron chi connectivity index (χ3n) is 5.94. The van der Waals surface area contributed by atoms with Crippen LogP contribution in [0.1, 0.15) is 34.0 Å². The Kier molecular flexibility index (Phi) is 8.05. The molecular formula is C30H30N4O3. The second-order valence-corrected chi connectivity index (χ2v) is 8.51. The molecule has 0 saturated carbocycles. The number of nitrogens with one attached hydrogen (secondary N) is 3. The summed E-state index contributed by atoms with van der Waals surface area (Å²) < 4.78 is 5.13. The largest absolute Gasteiger partial charge is 0.507 e. The molecule has 1 amide bonds. The SMILES string of the molecule is C=C/C(C)=C1/N=C(c2ccccc2O)C=C(NCc2ccc(CNC(=O)c3ccc(OC)cc3)cc2)N1. The molecule has 7 heteroatoms. The number of para-hydroxylation sites is 1. The maximum absolute atomic E-state index is 12.4. The fraction of sp³-hybridized carbons (Fsp3) is 0.133. The molecule has 0 unspecified atom stereocenters. The van der Waals surface area contributed by atoms with Crippen LogP contribution >= 0.6 is 0 Å². The molecule has 0 aromatic heterocycles. The standard InChI is InChI=1S/C30H30N4O3/c1-4-20(2)29-33-26(25-7-5-6-8-27(25)35)17-28(34-29)31-18-21-9-11-22(12-10-21)19-32-30(36)23-13-15-24(37-3)16-14-23/h4-17,31,34-35H,1,18-19H2,2-3H3,(H,32,36)/b29-20-. The number of ether oxygens (including phenoxy) is 1. The van der Waals surface area contributed by atoms with Crippen LogP contribution < -0.4 is 20.7 Å². The summed E-state index contributed by atoms with van der Waals surface area (Å²) in [4.78, 5) is 17.1. The second kappa shape index (κ2) is 11.8. The van der Waals surface area contributed by atoms with Gasteiger partial charge in [0.05, 0.1) is 12.8 Å². The summed E-state index contributed by atoms with van der Waals surface area (Å²) in [5.41, 5.74) is 4.85. The van der Waals surface area contributed by atoms with Gasteiger partial charge in [0.2, 0.25) is 0 Å². The first-order valence-corrected chi connectivity index (χ1v) is 11.9. The van der Waals surface area contributed by atoms with E-state index >= 15 is 0 Å². The number of aromatic hydroxyl groups is 1. The highest BCUT2D eigenvalue weighted by atomic mass is 16.5. The lowest BCUT2D eigenvalue weighted by molar-refractivity contribution is 0.0951. The van der Waals surface area contributed by atoms with Gasteiger partial charge in [0.15, 0.2) is 0 Å². The molecule has 0 fully saturated rings. The van der Waals surface area contributed by atoms with E-state index in [4.69, 9.17) is 4.74 Å². The highest BCUT2D eigenvalue weighted by Gasteiger charge is 2.15. The quantitative estimate of drug-likeness (QED) is 0.344. The van der Waals surface area contributed by atoms with Gasteiger partial charge in [0.1, 0.15) is 23.1 Å². The molecule has 0 aliphatic carbocycles. The van der Waals surface area contributed by atoms with Crippen molar-refractivity contribution in [1.29, 1.82) is 0 Å². The number of rotatable bonds is 9. The van der Waals surface area contributed by atoms with E-state index in [-0.39, 0.29) is 11.7 Å². The molecule has 188 valence electrons. The number of allylic oxidation sites excluding steroid dienone is 3. The van der Waals surface area contributed by atoms with Crippen LogP contribution in [0.25, 0.3) is 0 Å². The summed E-state index contributed by atoms with van der Waals surface area (Å²) >= 11 is 0. The zero-order chi connectivity index (χ0) is 26.2. The van der Waals surface area contributed by atoms with Crippen molar-refractivity contribution in [3.8, 4) is 11.5 Å². The fourth-order valence-corrected chi connectivity index (χ4v) is 3.69. The summed E-state index contributed by atoms with van der Waals surface area (Å²) in [7, 11) is 1.59. The molecule has 1 heterocycles. The summed E-state index contributed by atoms with van der Waals surface area (Å²) in [5.74, 6) is 2.18. The van der Waals surface area contributed by atoms with E-state index in [2.05, 4.69) is 27.5 Å². The van der Waals surface area contributed by atoms with Crippen molar-refractivity contribution in [1.82, 2.24) is 16.0 Å². The molecule has 1 aliphatic rings. The molecule has 0 radical (unpaired) electrons. The molecule has 7 nitrogen and oxygen atoms in total. The van der Waals surface area contributed by atoms with E-state index in [0.29, 0.717) is 41.5 Å². The second-order valence-electron chi connectivity index (χ2n) is 8.51. The Morgan fingerprint density at radius 1 is 1.03 bits per heavy atom. The van der Waals surface area contributed by atoms with Crippen LogP contribution in [-0.4, -0.2) is 23.8 Å². The molecule has 0 spiro atoms. The summed E-state index contributed by atoms with van der Waals surface area (Å²) in [6.07, 6.45) is 3.61. The molecular weight excluding hydrogens is 464 g/mol. The van der Waals surface area contributed by atoms with Crippen molar-refractivity contribution in [2.75, 3.05) is 7.11 Å². The van der Waals surface area contributed by atoms with Gasteiger partial charge < -0.3 is 25.8 Å². The molecule has 3 aromatic rings. The molecule has 4 N–H and O–H groups in total. The van der Waals surface area contributed by atoms with Crippen LogP contribution in [0.3, 0.4) is 0 Å². The highest BCUT2D eigenvalue weighted by Crippen LogP contribution is 2.22. The van der Waals surface area contributed by atoms with Gasteiger partial charge in [-0.1, -0.05) is 49.1 Å². The number of benzene rings is 3. The lowest BCUT2D eigenvalue weighted by Gasteiger charge is -2.21. The summed E-state index contributed by atoms with van der Waals surface area (Å²) in [5, 5.41) is 20.0. The number of hydrogen-bond donors (Lipinski definition) is 4. The average Bonchev–Trinajstić information content (AvgIpc) is 2.95. The Morgan fingerprint density at radius 2 is 1.70 bits per heavy atom. The number of phenols is 1. The van der Waals surface area contributed by atoms with Gasteiger partial charge in [-0.05, 0) is 60.0 Å². The first kappa shape index (κ1) is 25.3. The van der Waals surface area contributed by atoms with Crippen molar-refractivity contribution >= 4 is 11.6 Å². The van der Waals surface area contributed by atoms with Crippen molar-refractivity contribution in [2.45, 2.75) is 20.0 Å². The van der Waals surface area contributed by atoms with E-state index in [9.17, 15) is 9.90 Å². The van der Waals surface area contributed by atoms with Crippen LogP contribution in [0.2, 0.25) is 0 Å². The monoisotopic (exact) mass is 494 g/mol. The van der Waals surface area contributed by atoms with Crippen LogP contribution in [0, 0.1) is 0 Å². The minimum absolute atomic E-state index is 0.135. The highest BCUT2D eigenvalue weighted by molar-refractivity contribution is 6.11. The maximum atomic E-state index is 12.4. The number of nitrogens with zero attached hydrogens (tertiary/aromatic N) is 1. The van der Waals surface area contributed by atoms with Crippen molar-refractivity contribution in [3.05, 3.63) is 131 Å². The minimum Gasteiger partial charge on any atom is -0.507 e. The number of amides is 1. The fourth-order valence-electron chi connectivity index (χ4n) is 3.69. The third-order valence-corrected chi connectivity index (χ3v) is 5.94. The number of hydrogen-bond acceptors (Lipinski definition) is 6. The van der Waals surface area contributed by atoms with Crippen molar-refractivity contribution in [3.63, 3.8) is 0 Å². The Bertz CT molecular complexity index is 1370. The molecule has 0 atom stereocenters. The van der Waals surface area contributed by atoms with E-state index in [1.807, 2.05) is 49.4 Å². The average molecular weight is 495 g/mol. The van der Waals surface area contributed by atoms with Gasteiger partial charge in [0, 0.05) is 30.3 Å². The number of aliphatic imine (C=N–C) groups is 1. The van der Waals surface area contributed by atoms with Crippen LogP contribution in [0.5, 0.6) is 11.5 Å². The Hall–Kier alpha value is -4.78. The van der Waals surface area contributed by atoms with Crippen LogP contribution in [-0.2, 0) is 13.1 Å². The van der Waals surface area contributed by atoms with E-state index in [1.165, 1.54) is 0 Å². The van der Waals surface area contributed by atoms with Crippen molar-refractivity contribution in [2.24, 2.45) is 4.99 Å². The predicted octanol–water partition coefficient (Wildman–Crippen LogP) is 4.77. The molecule has 37 heavy (non-hydrogen) atoms. The summed E-state index contributed by atoms with van der Waals surface area (Å²) in [6.45, 7) is 6.77. The van der Waals surface area contributed by atoms with Gasteiger partial charge in [-0.3, -0.25) is 4.79 Å². The topological polar surface area (TPSA) is 95.0 Å². The normalized spacial score (nSPS) is 14.0. The van der Waals surface area contributed by atoms with Gasteiger partial charge >= 0.3 is 0 Å². The first-order chi connectivity index (χ1) is 18.0. The Balaban J connectivity index is 1.38. The van der Waals surface area contributed by atoms with Gasteiger partial charge in [-0.25, -0.2) is 4.99 Å².